The molecule has 0 bridgehead atoms. The Morgan fingerprint density at radius 3 is 2.44 bits per heavy atom. The number of aliphatic hydroxyl groups is 2. The number of fused-ring (bicyclic) bond motifs is 1. The van der Waals surface area contributed by atoms with Crippen molar-refractivity contribution in [2.24, 2.45) is 0 Å². The van der Waals surface area contributed by atoms with Crippen molar-refractivity contribution in [2.75, 3.05) is 0 Å². The van der Waals surface area contributed by atoms with Gasteiger partial charge in [0.25, 0.3) is 0 Å². The average molecular weight is 438 g/mol. The zero-order chi connectivity index (χ0) is 23.4. The molecule has 1 aromatic heterocycles. The second-order valence-corrected chi connectivity index (χ2v) is 8.38. The fraction of sp³-hybridized carbons (Fsp3) is 0.308. The molecule has 0 spiro atoms. The van der Waals surface area contributed by atoms with Crippen molar-refractivity contribution in [2.45, 2.75) is 51.7 Å². The van der Waals surface area contributed by atoms with Crippen LogP contribution in [-0.4, -0.2) is 38.5 Å². The standard InChI is InChI=1S/C26H28FNO4/c1-15(2)26-21(10-9-19(29)13-20(30)14-24(31)32)25(17-5-7-18(27)8-6-17)22-12-16(3)4-11-23(22)28-26/h4-12,15,19-20,29-30H,13-14H2,1-3H3,(H,31,32). The SMILES string of the molecule is Cc1ccc2nc(C(C)C)c(C=CC(O)CC(O)CC(=O)O)c(-c3ccc(F)cc3)c2c1. The summed E-state index contributed by atoms with van der Waals surface area (Å²) in [6.45, 7) is 6.05. The number of rotatable bonds is 8. The van der Waals surface area contributed by atoms with E-state index in [-0.39, 0.29) is 18.2 Å². The molecule has 0 radical (unpaired) electrons. The van der Waals surface area contributed by atoms with Crippen LogP contribution in [0.25, 0.3) is 28.1 Å². The molecule has 3 N–H and O–H groups in total. The van der Waals surface area contributed by atoms with Crippen LogP contribution in [0.4, 0.5) is 4.39 Å². The summed E-state index contributed by atoms with van der Waals surface area (Å²) in [6, 6.07) is 12.3. The van der Waals surface area contributed by atoms with E-state index in [0.717, 1.165) is 38.9 Å². The predicted molar refractivity (Wildman–Crippen MR) is 124 cm³/mol. The van der Waals surface area contributed by atoms with Crippen LogP contribution in [0.15, 0.2) is 48.5 Å². The van der Waals surface area contributed by atoms with Crippen molar-refractivity contribution in [3.05, 3.63) is 71.2 Å². The Balaban J connectivity index is 2.16. The molecule has 1 heterocycles. The molecule has 0 aliphatic heterocycles. The molecule has 6 heteroatoms. The van der Waals surface area contributed by atoms with Gasteiger partial charge < -0.3 is 15.3 Å². The van der Waals surface area contributed by atoms with E-state index in [1.807, 2.05) is 39.0 Å². The molecule has 0 aliphatic rings. The van der Waals surface area contributed by atoms with Gasteiger partial charge in [-0.05, 0) is 42.7 Å². The Labute approximate surface area is 186 Å². The molecular formula is C26H28FNO4. The van der Waals surface area contributed by atoms with Crippen molar-refractivity contribution in [1.29, 1.82) is 0 Å². The van der Waals surface area contributed by atoms with E-state index in [4.69, 9.17) is 10.1 Å². The number of aryl methyl sites for hydroxylation is 1. The summed E-state index contributed by atoms with van der Waals surface area (Å²) in [5.41, 5.74) is 5.23. The Kier molecular flexibility index (Phi) is 7.38. The van der Waals surface area contributed by atoms with Crippen LogP contribution in [0.1, 0.15) is 49.4 Å². The second kappa shape index (κ2) is 10.0. The molecule has 2 atom stereocenters. The summed E-state index contributed by atoms with van der Waals surface area (Å²) in [6.07, 6.45) is 0.610. The first-order valence-corrected chi connectivity index (χ1v) is 10.6. The van der Waals surface area contributed by atoms with Crippen LogP contribution < -0.4 is 0 Å². The number of pyridine rings is 1. The summed E-state index contributed by atoms with van der Waals surface area (Å²) in [7, 11) is 0. The number of hydrogen-bond donors (Lipinski definition) is 3. The van der Waals surface area contributed by atoms with E-state index in [1.165, 1.54) is 12.1 Å². The number of hydrogen-bond acceptors (Lipinski definition) is 4. The topological polar surface area (TPSA) is 90.7 Å². The van der Waals surface area contributed by atoms with Crippen molar-refractivity contribution in [3.63, 3.8) is 0 Å². The maximum Gasteiger partial charge on any atom is 0.305 e. The van der Waals surface area contributed by atoms with Crippen LogP contribution in [0.5, 0.6) is 0 Å². The lowest BCUT2D eigenvalue weighted by molar-refractivity contribution is -0.139. The largest absolute Gasteiger partial charge is 0.481 e. The molecule has 2 aromatic carbocycles. The Morgan fingerprint density at radius 2 is 1.81 bits per heavy atom. The lowest BCUT2D eigenvalue weighted by atomic mass is 9.90. The number of aromatic nitrogens is 1. The van der Waals surface area contributed by atoms with Gasteiger partial charge in [-0.1, -0.05) is 49.8 Å². The third-order valence-electron chi connectivity index (χ3n) is 5.30. The van der Waals surface area contributed by atoms with Gasteiger partial charge in [0.1, 0.15) is 5.82 Å². The number of carboxylic acids is 1. The molecule has 5 nitrogen and oxygen atoms in total. The highest BCUT2D eigenvalue weighted by atomic mass is 19.1. The zero-order valence-corrected chi connectivity index (χ0v) is 18.4. The summed E-state index contributed by atoms with van der Waals surface area (Å²) in [5.74, 6) is -1.37. The zero-order valence-electron chi connectivity index (χ0n) is 18.4. The van der Waals surface area contributed by atoms with Gasteiger partial charge >= 0.3 is 5.97 Å². The van der Waals surface area contributed by atoms with Crippen molar-refractivity contribution >= 4 is 22.9 Å². The number of halogens is 1. The fourth-order valence-electron chi connectivity index (χ4n) is 3.80. The number of benzene rings is 2. The first-order chi connectivity index (χ1) is 15.2. The minimum absolute atomic E-state index is 0.0781. The van der Waals surface area contributed by atoms with Gasteiger partial charge in [0.15, 0.2) is 0 Å². The van der Waals surface area contributed by atoms with Gasteiger partial charge in [-0.3, -0.25) is 9.78 Å². The summed E-state index contributed by atoms with van der Waals surface area (Å²) in [4.78, 5) is 15.6. The van der Waals surface area contributed by atoms with E-state index in [9.17, 15) is 19.4 Å². The van der Waals surface area contributed by atoms with Crippen molar-refractivity contribution in [3.8, 4) is 11.1 Å². The van der Waals surface area contributed by atoms with E-state index >= 15 is 0 Å². The summed E-state index contributed by atoms with van der Waals surface area (Å²) in [5, 5.41) is 29.9. The molecule has 0 fully saturated rings. The molecule has 3 rings (SSSR count). The van der Waals surface area contributed by atoms with Crippen LogP contribution in [0, 0.1) is 12.7 Å². The molecular weight excluding hydrogens is 409 g/mol. The summed E-state index contributed by atoms with van der Waals surface area (Å²) >= 11 is 0. The lowest BCUT2D eigenvalue weighted by Crippen LogP contribution is -2.19. The van der Waals surface area contributed by atoms with E-state index in [1.54, 1.807) is 24.3 Å². The van der Waals surface area contributed by atoms with E-state index < -0.39 is 24.6 Å². The fourth-order valence-corrected chi connectivity index (χ4v) is 3.80. The molecule has 3 aromatic rings. The summed E-state index contributed by atoms with van der Waals surface area (Å²) < 4.78 is 13.6. The lowest BCUT2D eigenvalue weighted by Gasteiger charge is -2.18. The maximum atomic E-state index is 13.6. The molecule has 0 saturated carbocycles. The highest BCUT2D eigenvalue weighted by molar-refractivity contribution is 5.99. The predicted octanol–water partition coefficient (Wildman–Crippen LogP) is 5.07. The molecule has 32 heavy (non-hydrogen) atoms. The highest BCUT2D eigenvalue weighted by Gasteiger charge is 2.19. The van der Waals surface area contributed by atoms with Crippen LogP contribution in [-0.2, 0) is 4.79 Å². The van der Waals surface area contributed by atoms with Gasteiger partial charge in [-0.25, -0.2) is 4.39 Å². The third kappa shape index (κ3) is 5.58. The van der Waals surface area contributed by atoms with Gasteiger partial charge in [-0.15, -0.1) is 0 Å². The quantitative estimate of drug-likeness (QED) is 0.458. The number of aliphatic carboxylic acids is 1. The normalized spacial score (nSPS) is 13.7. The van der Waals surface area contributed by atoms with E-state index in [0.29, 0.717) is 0 Å². The molecule has 2 unspecified atom stereocenters. The van der Waals surface area contributed by atoms with Crippen LogP contribution in [0.2, 0.25) is 0 Å². The molecule has 0 saturated heterocycles. The monoisotopic (exact) mass is 437 g/mol. The van der Waals surface area contributed by atoms with Gasteiger partial charge in [0.05, 0.1) is 29.8 Å². The van der Waals surface area contributed by atoms with Crippen LogP contribution >= 0.6 is 0 Å². The maximum absolute atomic E-state index is 13.6. The third-order valence-corrected chi connectivity index (χ3v) is 5.30. The Bertz CT molecular complexity index is 1140. The number of aliphatic hydroxyl groups excluding tert-OH is 2. The molecule has 0 amide bonds. The van der Waals surface area contributed by atoms with Gasteiger partial charge in [-0.2, -0.15) is 0 Å². The van der Waals surface area contributed by atoms with Gasteiger partial charge in [0, 0.05) is 22.9 Å². The van der Waals surface area contributed by atoms with E-state index in [2.05, 4.69) is 0 Å². The number of nitrogens with zero attached hydrogens (tertiary/aromatic N) is 1. The van der Waals surface area contributed by atoms with Crippen molar-refractivity contribution < 1.29 is 24.5 Å². The first kappa shape index (κ1) is 23.6. The second-order valence-electron chi connectivity index (χ2n) is 8.38. The number of carboxylic acid groups (broad SMARTS) is 1. The number of carbonyl (C=O) groups is 1. The minimum Gasteiger partial charge on any atom is -0.481 e. The first-order valence-electron chi connectivity index (χ1n) is 10.6. The molecule has 168 valence electrons. The molecule has 0 aliphatic carbocycles. The Morgan fingerprint density at radius 1 is 1.12 bits per heavy atom. The van der Waals surface area contributed by atoms with Gasteiger partial charge in [0.2, 0.25) is 0 Å². The Hall–Kier alpha value is -3.09. The smallest absolute Gasteiger partial charge is 0.305 e. The van der Waals surface area contributed by atoms with Crippen LogP contribution in [0.3, 0.4) is 0 Å². The van der Waals surface area contributed by atoms with Crippen molar-refractivity contribution in [1.82, 2.24) is 4.98 Å². The minimum atomic E-state index is -1.15. The highest BCUT2D eigenvalue weighted by Crippen LogP contribution is 2.37. The average Bonchev–Trinajstić information content (AvgIpc) is 2.71.